The molecule has 0 bridgehead atoms. The fourth-order valence-corrected chi connectivity index (χ4v) is 8.39. The molecule has 3 fully saturated rings. The number of rotatable bonds is 6. The average Bonchev–Trinajstić information content (AvgIpc) is 3.75. The second-order valence-corrected chi connectivity index (χ2v) is 13.0. The van der Waals surface area contributed by atoms with E-state index in [2.05, 4.69) is 14.9 Å². The number of nitrogen functional groups attached to an aromatic ring is 1. The molecule has 4 aromatic rings. The van der Waals surface area contributed by atoms with Crippen molar-refractivity contribution in [1.29, 1.82) is 5.26 Å². The summed E-state index contributed by atoms with van der Waals surface area (Å²) in [6.45, 7) is 1.77. The van der Waals surface area contributed by atoms with E-state index >= 15 is 4.39 Å². The average molecular weight is 629 g/mol. The van der Waals surface area contributed by atoms with E-state index in [9.17, 15) is 19.1 Å². The van der Waals surface area contributed by atoms with Crippen LogP contribution >= 0.6 is 22.9 Å². The lowest BCUT2D eigenvalue weighted by Crippen LogP contribution is -2.43. The molecule has 224 valence electrons. The molecule has 3 aliphatic rings. The van der Waals surface area contributed by atoms with Gasteiger partial charge in [0.25, 0.3) is 0 Å². The van der Waals surface area contributed by atoms with Gasteiger partial charge in [-0.1, -0.05) is 17.7 Å². The Balaban J connectivity index is 1.41. The van der Waals surface area contributed by atoms with Crippen molar-refractivity contribution in [2.75, 3.05) is 43.5 Å². The first kappa shape index (κ1) is 28.4. The highest BCUT2D eigenvalue weighted by Gasteiger charge is 2.49. The predicted molar refractivity (Wildman–Crippen MR) is 160 cm³/mol. The molecule has 2 aromatic carbocycles. The zero-order chi connectivity index (χ0) is 30.0. The van der Waals surface area contributed by atoms with E-state index in [1.54, 1.807) is 6.07 Å². The van der Waals surface area contributed by atoms with Gasteiger partial charge >= 0.3 is 6.01 Å². The highest BCUT2D eigenvalue weighted by molar-refractivity contribution is 7.23. The summed E-state index contributed by atoms with van der Waals surface area (Å²) in [5, 5.41) is 20.5. The van der Waals surface area contributed by atoms with Crippen molar-refractivity contribution in [2.45, 2.75) is 49.9 Å². The summed E-state index contributed by atoms with van der Waals surface area (Å²) < 4.78 is 52.2. The lowest BCUT2D eigenvalue weighted by molar-refractivity contribution is 0.107. The number of nitriles is 1. The second-order valence-electron chi connectivity index (χ2n) is 11.6. The minimum atomic E-state index is -0.939. The van der Waals surface area contributed by atoms with Gasteiger partial charge in [0.15, 0.2) is 5.82 Å². The Labute approximate surface area is 254 Å². The van der Waals surface area contributed by atoms with Crippen LogP contribution in [0, 0.1) is 23.0 Å². The fraction of sp³-hybridized carbons (Fsp3) is 0.433. The lowest BCUT2D eigenvalue weighted by atomic mass is 9.95. The van der Waals surface area contributed by atoms with Crippen molar-refractivity contribution < 1.29 is 23.0 Å². The number of hydrogen-bond acceptors (Lipinski definition) is 9. The molecule has 8 nitrogen and oxygen atoms in total. The third-order valence-electron chi connectivity index (χ3n) is 9.13. The number of alkyl halides is 1. The van der Waals surface area contributed by atoms with Crippen LogP contribution in [0.4, 0.5) is 24.0 Å². The SMILES string of the molecule is N#Cc1c(N)sc2c(F)ccc(-c3c(Cl)cc4c(N5CCC[C@H]5CO)nc(OC[C@@]56CCCN5C[C@H](F)C6)nc4c3F)c12. The molecule has 0 spiro atoms. The molecule has 7 rings (SSSR count). The van der Waals surface area contributed by atoms with Gasteiger partial charge < -0.3 is 20.5 Å². The second kappa shape index (κ2) is 10.7. The first-order valence-corrected chi connectivity index (χ1v) is 15.4. The van der Waals surface area contributed by atoms with Gasteiger partial charge in [0.05, 0.1) is 33.5 Å². The van der Waals surface area contributed by atoms with Crippen LogP contribution in [-0.2, 0) is 0 Å². The van der Waals surface area contributed by atoms with Crippen LogP contribution in [0.5, 0.6) is 6.01 Å². The minimum Gasteiger partial charge on any atom is -0.461 e. The first-order valence-electron chi connectivity index (χ1n) is 14.2. The van der Waals surface area contributed by atoms with Crippen LogP contribution in [0.1, 0.15) is 37.7 Å². The molecule has 3 aliphatic heterocycles. The molecular weight excluding hydrogens is 601 g/mol. The summed E-state index contributed by atoms with van der Waals surface area (Å²) in [5.74, 6) is -0.995. The Bertz CT molecular complexity index is 1820. The molecule has 43 heavy (non-hydrogen) atoms. The summed E-state index contributed by atoms with van der Waals surface area (Å²) in [5.41, 5.74) is 5.69. The molecule has 3 saturated heterocycles. The number of fused-ring (bicyclic) bond motifs is 3. The molecule has 5 heterocycles. The van der Waals surface area contributed by atoms with Crippen molar-refractivity contribution in [1.82, 2.24) is 14.9 Å². The van der Waals surface area contributed by atoms with Crippen molar-refractivity contribution in [3.63, 3.8) is 0 Å². The molecule has 0 radical (unpaired) electrons. The zero-order valence-corrected chi connectivity index (χ0v) is 24.6. The normalized spacial score (nSPS) is 23.9. The Morgan fingerprint density at radius 1 is 1.26 bits per heavy atom. The number of hydrogen-bond donors (Lipinski definition) is 2. The van der Waals surface area contributed by atoms with E-state index in [-0.39, 0.29) is 67.6 Å². The Kier molecular flexibility index (Phi) is 7.04. The largest absolute Gasteiger partial charge is 0.461 e. The van der Waals surface area contributed by atoms with Crippen molar-refractivity contribution in [2.24, 2.45) is 0 Å². The van der Waals surface area contributed by atoms with Crippen LogP contribution in [0.15, 0.2) is 18.2 Å². The van der Waals surface area contributed by atoms with Gasteiger partial charge in [-0.05, 0) is 49.9 Å². The van der Waals surface area contributed by atoms with Crippen molar-refractivity contribution >= 4 is 54.7 Å². The molecule has 0 aliphatic carbocycles. The lowest BCUT2D eigenvalue weighted by Gasteiger charge is -2.31. The molecule has 0 amide bonds. The summed E-state index contributed by atoms with van der Waals surface area (Å²) >= 11 is 7.67. The molecular formula is C30H28ClF3N6O2S. The Morgan fingerprint density at radius 2 is 2.09 bits per heavy atom. The zero-order valence-electron chi connectivity index (χ0n) is 23.0. The molecule has 3 atom stereocenters. The smallest absolute Gasteiger partial charge is 0.319 e. The van der Waals surface area contributed by atoms with Crippen LogP contribution in [0.25, 0.3) is 32.1 Å². The number of halogens is 4. The van der Waals surface area contributed by atoms with Gasteiger partial charge in [0.2, 0.25) is 0 Å². The van der Waals surface area contributed by atoms with Crippen molar-refractivity contribution in [3.05, 3.63) is 40.4 Å². The van der Waals surface area contributed by atoms with E-state index in [1.807, 2.05) is 11.0 Å². The van der Waals surface area contributed by atoms with Crippen molar-refractivity contribution in [3.8, 4) is 23.2 Å². The van der Waals surface area contributed by atoms with Gasteiger partial charge in [0.1, 0.15) is 41.0 Å². The third kappa shape index (κ3) is 4.47. The number of ether oxygens (including phenoxy) is 1. The topological polar surface area (TPSA) is 112 Å². The number of nitrogens with two attached hydrogens (primary N) is 1. The highest BCUT2D eigenvalue weighted by atomic mass is 35.5. The highest BCUT2D eigenvalue weighted by Crippen LogP contribution is 2.46. The third-order valence-corrected chi connectivity index (χ3v) is 10.5. The van der Waals surface area contributed by atoms with Gasteiger partial charge in [-0.25, -0.2) is 13.2 Å². The molecule has 13 heteroatoms. The molecule has 2 aromatic heterocycles. The Hall–Kier alpha value is -3.37. The summed E-state index contributed by atoms with van der Waals surface area (Å²) in [6, 6.07) is 5.84. The predicted octanol–water partition coefficient (Wildman–Crippen LogP) is 5.81. The standard InChI is InChI=1S/C30H28ClF3N6O2S/c31-20-9-18-25(24(34)23(20)17-4-5-21(33)26-22(17)19(11-35)27(36)43-26)37-29(38-28(18)40-8-1-3-16(40)13-41)42-14-30-6-2-7-39(30)12-15(32)10-30/h4-5,9,15-16,41H,1-3,6-8,10,12-14,36H2/t15-,16+,30+/m1/s1. The van der Waals surface area contributed by atoms with E-state index in [0.717, 1.165) is 43.6 Å². The number of aromatic nitrogens is 2. The summed E-state index contributed by atoms with van der Waals surface area (Å²) in [4.78, 5) is 13.2. The number of benzene rings is 2. The summed E-state index contributed by atoms with van der Waals surface area (Å²) in [7, 11) is 0. The van der Waals surface area contributed by atoms with Gasteiger partial charge in [0, 0.05) is 35.8 Å². The maximum Gasteiger partial charge on any atom is 0.319 e. The van der Waals surface area contributed by atoms with E-state index in [0.29, 0.717) is 30.7 Å². The summed E-state index contributed by atoms with van der Waals surface area (Å²) in [6.07, 6.45) is 2.67. The first-order chi connectivity index (χ1) is 20.7. The minimum absolute atomic E-state index is 0.0188. The number of aliphatic hydroxyl groups excluding tert-OH is 1. The van der Waals surface area contributed by atoms with Crippen LogP contribution in [0.2, 0.25) is 5.02 Å². The fourth-order valence-electron chi connectivity index (χ4n) is 7.15. The maximum atomic E-state index is 16.8. The van der Waals surface area contributed by atoms with Crippen LogP contribution in [-0.4, -0.2) is 70.6 Å². The molecule has 3 N–H and O–H groups in total. The van der Waals surface area contributed by atoms with E-state index < -0.39 is 23.3 Å². The quantitative estimate of drug-likeness (QED) is 0.275. The van der Waals surface area contributed by atoms with E-state index in [1.165, 1.54) is 12.1 Å². The van der Waals surface area contributed by atoms with Gasteiger partial charge in [-0.15, -0.1) is 11.3 Å². The van der Waals surface area contributed by atoms with Gasteiger partial charge in [-0.2, -0.15) is 15.2 Å². The van der Waals surface area contributed by atoms with Gasteiger partial charge in [-0.3, -0.25) is 4.90 Å². The number of aliphatic hydroxyl groups is 1. The monoisotopic (exact) mass is 628 g/mol. The van der Waals surface area contributed by atoms with Crippen LogP contribution < -0.4 is 15.4 Å². The maximum absolute atomic E-state index is 16.8. The number of thiophene rings is 1. The van der Waals surface area contributed by atoms with E-state index in [4.69, 9.17) is 22.1 Å². The number of anilines is 2. The Morgan fingerprint density at radius 3 is 2.88 bits per heavy atom. The molecule has 0 unspecified atom stereocenters. The molecule has 0 saturated carbocycles. The number of nitrogens with zero attached hydrogens (tertiary/aromatic N) is 5. The van der Waals surface area contributed by atoms with Crippen LogP contribution in [0.3, 0.4) is 0 Å².